The Kier molecular flexibility index (Phi) is 8.48. The first-order valence-corrected chi connectivity index (χ1v) is 8.53. The van der Waals surface area contributed by atoms with E-state index in [0.717, 1.165) is 19.4 Å². The summed E-state index contributed by atoms with van der Waals surface area (Å²) in [6.45, 7) is 7.63. The number of nitrogens with one attached hydrogen (secondary N) is 1. The molecule has 0 fully saturated rings. The van der Waals surface area contributed by atoms with Gasteiger partial charge in [0, 0.05) is 12.1 Å². The fourth-order valence-electron chi connectivity index (χ4n) is 2.24. The summed E-state index contributed by atoms with van der Waals surface area (Å²) in [7, 11) is -1.44. The number of likely N-dealkylation sites (N-methyl/N-ethyl adjacent to an activating group) is 1. The summed E-state index contributed by atoms with van der Waals surface area (Å²) in [6.07, 6.45) is 2.26. The zero-order valence-electron chi connectivity index (χ0n) is 13.3. The Hall–Kier alpha value is -0.620. The van der Waals surface area contributed by atoms with Gasteiger partial charge in [0.2, 0.25) is 10.0 Å². The number of unbranched alkanes of at least 4 members (excludes halogenated alkanes) is 1. The van der Waals surface area contributed by atoms with E-state index in [4.69, 9.17) is 0 Å². The van der Waals surface area contributed by atoms with E-state index in [2.05, 4.69) is 16.5 Å². The van der Waals surface area contributed by atoms with Crippen molar-refractivity contribution < 1.29 is 8.42 Å². The summed E-state index contributed by atoms with van der Waals surface area (Å²) in [5.41, 5.74) is -0.503. The second kappa shape index (κ2) is 8.73. The SMILES string of the molecule is CCCCN(C)CC(C)(C)NS(=O)(=O)c1ccccc1.Cl. The van der Waals surface area contributed by atoms with Gasteiger partial charge in [-0.3, -0.25) is 0 Å². The van der Waals surface area contributed by atoms with Crippen molar-refractivity contribution in [3.63, 3.8) is 0 Å². The summed E-state index contributed by atoms with van der Waals surface area (Å²) < 4.78 is 27.4. The lowest BCUT2D eigenvalue weighted by Crippen LogP contribution is -2.50. The van der Waals surface area contributed by atoms with Crippen molar-refractivity contribution in [1.82, 2.24) is 9.62 Å². The van der Waals surface area contributed by atoms with E-state index in [1.807, 2.05) is 27.0 Å². The van der Waals surface area contributed by atoms with E-state index in [1.54, 1.807) is 24.3 Å². The standard InChI is InChI=1S/C15H26N2O2S.ClH/c1-5-6-12-17(4)13-15(2,3)16-20(18,19)14-10-8-7-9-11-14;/h7-11,16H,5-6,12-13H2,1-4H3;1H. The monoisotopic (exact) mass is 334 g/mol. The van der Waals surface area contributed by atoms with Gasteiger partial charge in [0.1, 0.15) is 0 Å². The topological polar surface area (TPSA) is 49.4 Å². The van der Waals surface area contributed by atoms with Crippen LogP contribution < -0.4 is 4.72 Å². The molecule has 0 saturated carbocycles. The van der Waals surface area contributed by atoms with Crippen molar-refractivity contribution in [3.8, 4) is 0 Å². The van der Waals surface area contributed by atoms with Gasteiger partial charge in [0.25, 0.3) is 0 Å². The van der Waals surface area contributed by atoms with Crippen molar-refractivity contribution in [2.45, 2.75) is 44.0 Å². The molecule has 0 radical (unpaired) electrons. The molecule has 0 atom stereocenters. The molecule has 122 valence electrons. The Morgan fingerprint density at radius 1 is 1.19 bits per heavy atom. The van der Waals surface area contributed by atoms with Crippen LogP contribution in [-0.2, 0) is 10.0 Å². The van der Waals surface area contributed by atoms with Gasteiger partial charge in [-0.05, 0) is 46.0 Å². The van der Waals surface area contributed by atoms with Crippen LogP contribution in [0.5, 0.6) is 0 Å². The fraction of sp³-hybridized carbons (Fsp3) is 0.600. The largest absolute Gasteiger partial charge is 0.305 e. The van der Waals surface area contributed by atoms with Crippen LogP contribution in [0.4, 0.5) is 0 Å². The van der Waals surface area contributed by atoms with Gasteiger partial charge in [-0.2, -0.15) is 0 Å². The van der Waals surface area contributed by atoms with E-state index in [-0.39, 0.29) is 12.4 Å². The number of hydrogen-bond donors (Lipinski definition) is 1. The number of halogens is 1. The van der Waals surface area contributed by atoms with Crippen molar-refractivity contribution in [2.24, 2.45) is 0 Å². The van der Waals surface area contributed by atoms with E-state index in [1.165, 1.54) is 0 Å². The molecule has 4 nitrogen and oxygen atoms in total. The fourth-order valence-corrected chi connectivity index (χ4v) is 3.66. The van der Waals surface area contributed by atoms with Crippen molar-refractivity contribution in [3.05, 3.63) is 30.3 Å². The third-order valence-electron chi connectivity index (χ3n) is 3.02. The first-order chi connectivity index (χ1) is 9.27. The number of sulfonamides is 1. The van der Waals surface area contributed by atoms with Crippen molar-refractivity contribution >= 4 is 22.4 Å². The first-order valence-electron chi connectivity index (χ1n) is 7.04. The highest BCUT2D eigenvalue weighted by atomic mass is 35.5. The Morgan fingerprint density at radius 3 is 2.29 bits per heavy atom. The highest BCUT2D eigenvalue weighted by Gasteiger charge is 2.27. The molecular formula is C15H27ClN2O2S. The molecule has 1 rings (SSSR count). The molecule has 0 amide bonds. The smallest absolute Gasteiger partial charge is 0.241 e. The molecule has 0 saturated heterocycles. The summed E-state index contributed by atoms with van der Waals surface area (Å²) in [4.78, 5) is 2.47. The second-order valence-corrected chi connectivity index (χ2v) is 7.58. The molecule has 0 heterocycles. The van der Waals surface area contributed by atoms with Crippen LogP contribution in [0.15, 0.2) is 35.2 Å². The zero-order chi connectivity index (χ0) is 15.2. The van der Waals surface area contributed by atoms with Crippen LogP contribution in [0.3, 0.4) is 0 Å². The van der Waals surface area contributed by atoms with Crippen molar-refractivity contribution in [2.75, 3.05) is 20.1 Å². The summed E-state index contributed by atoms with van der Waals surface area (Å²) in [5.74, 6) is 0. The molecular weight excluding hydrogens is 308 g/mol. The predicted octanol–water partition coefficient (Wildman–Crippen LogP) is 2.90. The lowest BCUT2D eigenvalue weighted by Gasteiger charge is -2.31. The van der Waals surface area contributed by atoms with Gasteiger partial charge in [-0.15, -0.1) is 12.4 Å². The molecule has 0 aromatic heterocycles. The molecule has 0 spiro atoms. The third-order valence-corrected chi connectivity index (χ3v) is 4.74. The van der Waals surface area contributed by atoms with Gasteiger partial charge in [-0.1, -0.05) is 31.5 Å². The van der Waals surface area contributed by atoms with E-state index >= 15 is 0 Å². The van der Waals surface area contributed by atoms with Crippen LogP contribution in [0, 0.1) is 0 Å². The molecule has 1 N–H and O–H groups in total. The van der Waals surface area contributed by atoms with Gasteiger partial charge in [0.15, 0.2) is 0 Å². The average Bonchev–Trinajstić information content (AvgIpc) is 2.35. The predicted molar refractivity (Wildman–Crippen MR) is 90.5 cm³/mol. The highest BCUT2D eigenvalue weighted by molar-refractivity contribution is 7.89. The van der Waals surface area contributed by atoms with Crippen LogP contribution >= 0.6 is 12.4 Å². The van der Waals surface area contributed by atoms with Crippen LogP contribution in [0.25, 0.3) is 0 Å². The maximum Gasteiger partial charge on any atom is 0.241 e. The van der Waals surface area contributed by atoms with Gasteiger partial charge >= 0.3 is 0 Å². The molecule has 0 aliphatic rings. The average molecular weight is 335 g/mol. The van der Waals surface area contributed by atoms with Gasteiger partial charge in [-0.25, -0.2) is 13.1 Å². The Bertz CT molecular complexity index is 504. The Labute approximate surface area is 135 Å². The number of nitrogens with zero attached hydrogens (tertiary/aromatic N) is 1. The Balaban J connectivity index is 0.00000400. The minimum atomic E-state index is -3.46. The molecule has 0 aliphatic heterocycles. The molecule has 1 aromatic rings. The van der Waals surface area contributed by atoms with E-state index in [0.29, 0.717) is 11.4 Å². The van der Waals surface area contributed by atoms with Crippen LogP contribution in [-0.4, -0.2) is 39.0 Å². The van der Waals surface area contributed by atoms with Crippen LogP contribution in [0.2, 0.25) is 0 Å². The lowest BCUT2D eigenvalue weighted by atomic mass is 10.1. The normalized spacial score (nSPS) is 12.2. The minimum absolute atomic E-state index is 0. The minimum Gasteiger partial charge on any atom is -0.305 e. The molecule has 21 heavy (non-hydrogen) atoms. The van der Waals surface area contributed by atoms with Crippen molar-refractivity contribution in [1.29, 1.82) is 0 Å². The number of benzene rings is 1. The quantitative estimate of drug-likeness (QED) is 0.795. The lowest BCUT2D eigenvalue weighted by molar-refractivity contribution is 0.253. The first kappa shape index (κ1) is 20.4. The molecule has 1 aromatic carbocycles. The molecule has 0 unspecified atom stereocenters. The molecule has 0 bridgehead atoms. The Morgan fingerprint density at radius 2 is 1.76 bits per heavy atom. The van der Waals surface area contributed by atoms with Crippen LogP contribution in [0.1, 0.15) is 33.6 Å². The zero-order valence-corrected chi connectivity index (χ0v) is 14.9. The maximum absolute atomic E-state index is 12.3. The maximum atomic E-state index is 12.3. The summed E-state index contributed by atoms with van der Waals surface area (Å²) in [6, 6.07) is 8.49. The van der Waals surface area contributed by atoms with Gasteiger partial charge < -0.3 is 4.90 Å². The highest BCUT2D eigenvalue weighted by Crippen LogP contribution is 2.13. The van der Waals surface area contributed by atoms with E-state index in [9.17, 15) is 8.42 Å². The third kappa shape index (κ3) is 7.27. The molecule has 0 aliphatic carbocycles. The summed E-state index contributed by atoms with van der Waals surface area (Å²) in [5, 5.41) is 0. The molecule has 6 heteroatoms. The second-order valence-electron chi connectivity index (χ2n) is 5.89. The van der Waals surface area contributed by atoms with Gasteiger partial charge in [0.05, 0.1) is 4.90 Å². The van der Waals surface area contributed by atoms with E-state index < -0.39 is 15.6 Å². The number of rotatable bonds is 8. The number of hydrogen-bond acceptors (Lipinski definition) is 3. The summed E-state index contributed by atoms with van der Waals surface area (Å²) >= 11 is 0.